The standard InChI is InChI=1S/C19H30N4O3S/c1-13-18(14(2)23(21-13)16-9-11-27(25,26)12-16)20-19(24)22-10-5-8-17(22)15-6-3-4-7-15/h15-17H,3-12H2,1-2H3,(H,20,24). The quantitative estimate of drug-likeness (QED) is 0.854. The molecule has 2 amide bonds. The van der Waals surface area contributed by atoms with E-state index in [1.807, 2.05) is 18.7 Å². The number of urea groups is 1. The van der Waals surface area contributed by atoms with Gasteiger partial charge in [-0.25, -0.2) is 13.2 Å². The average Bonchev–Trinajstić information content (AvgIpc) is 3.37. The van der Waals surface area contributed by atoms with E-state index in [0.29, 0.717) is 18.4 Å². The van der Waals surface area contributed by atoms with Crippen molar-refractivity contribution in [3.05, 3.63) is 11.4 Å². The number of anilines is 1. The molecule has 1 aromatic rings. The highest BCUT2D eigenvalue weighted by atomic mass is 32.2. The summed E-state index contributed by atoms with van der Waals surface area (Å²) in [5.74, 6) is 0.999. The van der Waals surface area contributed by atoms with Gasteiger partial charge in [0.1, 0.15) is 0 Å². The summed E-state index contributed by atoms with van der Waals surface area (Å²) in [6.07, 6.45) is 7.81. The number of hydrogen-bond donors (Lipinski definition) is 1. The summed E-state index contributed by atoms with van der Waals surface area (Å²) in [5, 5.41) is 7.65. The van der Waals surface area contributed by atoms with Crippen LogP contribution in [0.25, 0.3) is 0 Å². The first-order valence-corrected chi connectivity index (χ1v) is 12.0. The molecule has 0 bridgehead atoms. The maximum absolute atomic E-state index is 13.0. The van der Waals surface area contributed by atoms with Gasteiger partial charge in [-0.05, 0) is 51.9 Å². The first-order valence-electron chi connectivity index (χ1n) is 10.2. The molecule has 8 heteroatoms. The van der Waals surface area contributed by atoms with Crippen LogP contribution in [0.4, 0.5) is 10.5 Å². The number of carbonyl (C=O) groups excluding carboxylic acids is 1. The van der Waals surface area contributed by atoms with Crippen LogP contribution < -0.4 is 5.32 Å². The number of amides is 2. The Hall–Kier alpha value is -1.57. The first kappa shape index (κ1) is 18.8. The third-order valence-electron chi connectivity index (χ3n) is 6.62. The summed E-state index contributed by atoms with van der Waals surface area (Å²) < 4.78 is 25.4. The molecule has 7 nitrogen and oxygen atoms in total. The lowest BCUT2D eigenvalue weighted by Crippen LogP contribution is -2.42. The van der Waals surface area contributed by atoms with E-state index in [1.54, 1.807) is 4.68 Å². The fourth-order valence-corrected chi connectivity index (χ4v) is 6.92. The smallest absolute Gasteiger partial charge is 0.321 e. The Morgan fingerprint density at radius 2 is 1.85 bits per heavy atom. The van der Waals surface area contributed by atoms with Crippen molar-refractivity contribution in [1.29, 1.82) is 0 Å². The van der Waals surface area contributed by atoms with E-state index in [-0.39, 0.29) is 23.6 Å². The van der Waals surface area contributed by atoms with Crippen molar-refractivity contribution in [3.8, 4) is 0 Å². The molecule has 4 rings (SSSR count). The predicted octanol–water partition coefficient (Wildman–Crippen LogP) is 3.05. The van der Waals surface area contributed by atoms with E-state index in [0.717, 1.165) is 36.5 Å². The molecule has 3 aliphatic rings. The van der Waals surface area contributed by atoms with E-state index in [4.69, 9.17) is 0 Å². The molecule has 0 radical (unpaired) electrons. The lowest BCUT2D eigenvalue weighted by Gasteiger charge is -2.29. The van der Waals surface area contributed by atoms with Crippen molar-refractivity contribution in [3.63, 3.8) is 0 Å². The minimum absolute atomic E-state index is 0.0332. The van der Waals surface area contributed by atoms with Gasteiger partial charge in [-0.1, -0.05) is 12.8 Å². The zero-order valence-electron chi connectivity index (χ0n) is 16.3. The number of nitrogens with one attached hydrogen (secondary N) is 1. The Labute approximate surface area is 161 Å². The number of nitrogens with zero attached hydrogens (tertiary/aromatic N) is 3. The number of rotatable bonds is 3. The number of aromatic nitrogens is 2. The van der Waals surface area contributed by atoms with Gasteiger partial charge in [0.2, 0.25) is 0 Å². The Morgan fingerprint density at radius 1 is 1.11 bits per heavy atom. The molecule has 2 saturated heterocycles. The van der Waals surface area contributed by atoms with E-state index in [9.17, 15) is 13.2 Å². The van der Waals surface area contributed by atoms with Crippen LogP contribution in [0.15, 0.2) is 0 Å². The fraction of sp³-hybridized carbons (Fsp3) is 0.789. The lowest BCUT2D eigenvalue weighted by atomic mass is 9.96. The maximum atomic E-state index is 13.0. The minimum Gasteiger partial charge on any atom is -0.321 e. The molecule has 150 valence electrons. The zero-order chi connectivity index (χ0) is 19.2. The second-order valence-corrected chi connectivity index (χ2v) is 10.7. The Bertz CT molecular complexity index is 826. The molecule has 2 aliphatic heterocycles. The van der Waals surface area contributed by atoms with Gasteiger partial charge in [-0.2, -0.15) is 5.10 Å². The molecule has 1 aliphatic carbocycles. The number of hydrogen-bond acceptors (Lipinski definition) is 4. The number of aryl methyl sites for hydroxylation is 1. The van der Waals surface area contributed by atoms with Crippen LogP contribution in [0.1, 0.15) is 62.4 Å². The van der Waals surface area contributed by atoms with Gasteiger partial charge in [0.05, 0.1) is 34.6 Å². The van der Waals surface area contributed by atoms with Crippen LogP contribution in [0.5, 0.6) is 0 Å². The summed E-state index contributed by atoms with van der Waals surface area (Å²) in [4.78, 5) is 15.0. The molecule has 27 heavy (non-hydrogen) atoms. The molecule has 3 fully saturated rings. The fourth-order valence-electron chi connectivity index (χ4n) is 5.22. The van der Waals surface area contributed by atoms with Crippen LogP contribution in [-0.2, 0) is 9.84 Å². The van der Waals surface area contributed by atoms with E-state index in [2.05, 4.69) is 10.4 Å². The molecule has 1 saturated carbocycles. The molecular formula is C19H30N4O3S. The highest BCUT2D eigenvalue weighted by molar-refractivity contribution is 7.91. The predicted molar refractivity (Wildman–Crippen MR) is 105 cm³/mol. The summed E-state index contributed by atoms with van der Waals surface area (Å²) >= 11 is 0. The van der Waals surface area contributed by atoms with Crippen LogP contribution in [0.2, 0.25) is 0 Å². The van der Waals surface area contributed by atoms with Crippen LogP contribution in [0, 0.1) is 19.8 Å². The monoisotopic (exact) mass is 394 g/mol. The van der Waals surface area contributed by atoms with Gasteiger partial charge in [0.15, 0.2) is 9.84 Å². The highest BCUT2D eigenvalue weighted by Gasteiger charge is 2.37. The SMILES string of the molecule is Cc1nn(C2CCS(=O)(=O)C2)c(C)c1NC(=O)N1CCCC1C1CCCC1. The molecular weight excluding hydrogens is 364 g/mol. The van der Waals surface area contributed by atoms with Crippen molar-refractivity contribution < 1.29 is 13.2 Å². The van der Waals surface area contributed by atoms with Gasteiger partial charge < -0.3 is 10.2 Å². The van der Waals surface area contributed by atoms with Gasteiger partial charge in [0.25, 0.3) is 0 Å². The second-order valence-electron chi connectivity index (χ2n) is 8.42. The van der Waals surface area contributed by atoms with Crippen LogP contribution in [0.3, 0.4) is 0 Å². The maximum Gasteiger partial charge on any atom is 0.322 e. The largest absolute Gasteiger partial charge is 0.322 e. The Morgan fingerprint density at radius 3 is 2.52 bits per heavy atom. The molecule has 2 atom stereocenters. The molecule has 1 N–H and O–H groups in total. The topological polar surface area (TPSA) is 84.3 Å². The lowest BCUT2D eigenvalue weighted by molar-refractivity contribution is 0.185. The van der Waals surface area contributed by atoms with Crippen molar-refractivity contribution >= 4 is 21.6 Å². The normalized spacial score (nSPS) is 28.1. The summed E-state index contributed by atoms with van der Waals surface area (Å²) in [6.45, 7) is 4.61. The average molecular weight is 395 g/mol. The van der Waals surface area contributed by atoms with Crippen molar-refractivity contribution in [1.82, 2.24) is 14.7 Å². The second kappa shape index (κ2) is 7.11. The molecule has 0 aromatic carbocycles. The zero-order valence-corrected chi connectivity index (χ0v) is 17.1. The van der Waals surface area contributed by atoms with Crippen LogP contribution in [-0.4, -0.2) is 53.2 Å². The highest BCUT2D eigenvalue weighted by Crippen LogP contribution is 2.36. The van der Waals surface area contributed by atoms with Gasteiger partial charge in [-0.15, -0.1) is 0 Å². The van der Waals surface area contributed by atoms with Gasteiger partial charge in [-0.3, -0.25) is 4.68 Å². The summed E-state index contributed by atoms with van der Waals surface area (Å²) in [7, 11) is -2.97. The number of carbonyl (C=O) groups is 1. The van der Waals surface area contributed by atoms with E-state index in [1.165, 1.54) is 25.7 Å². The van der Waals surface area contributed by atoms with Gasteiger partial charge >= 0.3 is 6.03 Å². The molecule has 1 aromatic heterocycles. The Balaban J connectivity index is 1.50. The molecule has 3 heterocycles. The molecule has 0 spiro atoms. The van der Waals surface area contributed by atoms with Crippen molar-refractivity contribution in [2.75, 3.05) is 23.4 Å². The Kier molecular flexibility index (Phi) is 4.94. The van der Waals surface area contributed by atoms with E-state index < -0.39 is 9.84 Å². The summed E-state index contributed by atoms with van der Waals surface area (Å²) in [5.41, 5.74) is 2.34. The van der Waals surface area contributed by atoms with Crippen molar-refractivity contribution in [2.24, 2.45) is 5.92 Å². The van der Waals surface area contributed by atoms with Gasteiger partial charge in [0, 0.05) is 12.6 Å². The first-order chi connectivity index (χ1) is 12.9. The number of likely N-dealkylation sites (tertiary alicyclic amines) is 1. The minimum atomic E-state index is -2.97. The molecule has 2 unspecified atom stereocenters. The summed E-state index contributed by atoms with van der Waals surface area (Å²) in [6, 6.07) is 0.203. The third kappa shape index (κ3) is 3.60. The third-order valence-corrected chi connectivity index (χ3v) is 8.37. The number of sulfone groups is 1. The van der Waals surface area contributed by atoms with E-state index >= 15 is 0 Å². The van der Waals surface area contributed by atoms with Crippen LogP contribution >= 0.6 is 0 Å². The van der Waals surface area contributed by atoms with Crippen molar-refractivity contribution in [2.45, 2.75) is 70.9 Å².